The summed E-state index contributed by atoms with van der Waals surface area (Å²) in [5.41, 5.74) is 4.97. The van der Waals surface area contributed by atoms with E-state index in [0.29, 0.717) is 11.3 Å². The van der Waals surface area contributed by atoms with Gasteiger partial charge in [0.1, 0.15) is 5.82 Å². The summed E-state index contributed by atoms with van der Waals surface area (Å²) >= 11 is 0. The molecule has 0 bridgehead atoms. The quantitative estimate of drug-likeness (QED) is 0.450. The number of hydrogen-bond acceptors (Lipinski definition) is 5. The van der Waals surface area contributed by atoms with Gasteiger partial charge in [-0.1, -0.05) is 18.2 Å². The van der Waals surface area contributed by atoms with Gasteiger partial charge in [-0.3, -0.25) is 14.2 Å². The lowest BCUT2D eigenvalue weighted by Gasteiger charge is -2.28. The summed E-state index contributed by atoms with van der Waals surface area (Å²) in [4.78, 5) is 34.0. The lowest BCUT2D eigenvalue weighted by atomic mass is 10.1. The molecule has 5 rings (SSSR count). The summed E-state index contributed by atoms with van der Waals surface area (Å²) in [5, 5.41) is 2.88. The van der Waals surface area contributed by atoms with Crippen LogP contribution in [-0.4, -0.2) is 66.2 Å². The first-order valence-corrected chi connectivity index (χ1v) is 12.0. The van der Waals surface area contributed by atoms with Crippen molar-refractivity contribution in [2.24, 2.45) is 0 Å². The first-order chi connectivity index (χ1) is 17.5. The van der Waals surface area contributed by atoms with Crippen LogP contribution in [-0.2, 0) is 9.53 Å². The maximum atomic E-state index is 13.1. The van der Waals surface area contributed by atoms with E-state index in [0.717, 1.165) is 54.5 Å². The number of benzene rings is 3. The average Bonchev–Trinajstić information content (AvgIpc) is 3.24. The summed E-state index contributed by atoms with van der Waals surface area (Å²) < 4.78 is 7.46. The Kier molecular flexibility index (Phi) is 6.69. The predicted molar refractivity (Wildman–Crippen MR) is 141 cm³/mol. The highest BCUT2D eigenvalue weighted by molar-refractivity contribution is 6.01. The van der Waals surface area contributed by atoms with E-state index in [4.69, 9.17) is 4.74 Å². The fourth-order valence-corrected chi connectivity index (χ4v) is 4.52. The Bertz CT molecular complexity index is 1380. The number of amides is 2. The van der Waals surface area contributed by atoms with E-state index in [1.807, 2.05) is 67.6 Å². The summed E-state index contributed by atoms with van der Waals surface area (Å²) in [6, 6.07) is 23.2. The molecular weight excluding hydrogens is 454 g/mol. The average molecular weight is 484 g/mol. The van der Waals surface area contributed by atoms with Gasteiger partial charge >= 0.3 is 0 Å². The van der Waals surface area contributed by atoms with Crippen molar-refractivity contribution in [2.75, 3.05) is 50.1 Å². The second kappa shape index (κ2) is 10.2. The number of nitrogens with zero attached hydrogens (tertiary/aromatic N) is 4. The topological polar surface area (TPSA) is 79.7 Å². The molecule has 36 heavy (non-hydrogen) atoms. The van der Waals surface area contributed by atoms with Crippen LogP contribution in [0.2, 0.25) is 0 Å². The van der Waals surface area contributed by atoms with Crippen LogP contribution in [0.15, 0.2) is 72.8 Å². The number of likely N-dealkylation sites (N-methyl/N-ethyl adjacent to an activating group) is 1. The molecule has 0 radical (unpaired) electrons. The number of imidazole rings is 1. The summed E-state index contributed by atoms with van der Waals surface area (Å²) in [7, 11) is 1.63. The fourth-order valence-electron chi connectivity index (χ4n) is 4.52. The van der Waals surface area contributed by atoms with Crippen LogP contribution in [0.5, 0.6) is 0 Å². The number of rotatable bonds is 6. The Morgan fingerprint density at radius 3 is 2.42 bits per heavy atom. The Balaban J connectivity index is 1.23. The Morgan fingerprint density at radius 1 is 0.972 bits per heavy atom. The first kappa shape index (κ1) is 23.6. The van der Waals surface area contributed by atoms with Crippen molar-refractivity contribution in [2.45, 2.75) is 6.92 Å². The number of fused-ring (bicyclic) bond motifs is 1. The second-order valence-corrected chi connectivity index (χ2v) is 8.89. The van der Waals surface area contributed by atoms with Crippen molar-refractivity contribution in [1.82, 2.24) is 14.5 Å². The largest absolute Gasteiger partial charge is 0.378 e. The minimum Gasteiger partial charge on any atom is -0.378 e. The van der Waals surface area contributed by atoms with Crippen LogP contribution in [0, 0.1) is 6.92 Å². The molecule has 1 aromatic heterocycles. The van der Waals surface area contributed by atoms with Gasteiger partial charge in [-0.2, -0.15) is 0 Å². The zero-order valence-electron chi connectivity index (χ0n) is 20.5. The van der Waals surface area contributed by atoms with Crippen LogP contribution >= 0.6 is 0 Å². The van der Waals surface area contributed by atoms with E-state index in [9.17, 15) is 9.59 Å². The van der Waals surface area contributed by atoms with Crippen molar-refractivity contribution < 1.29 is 14.3 Å². The number of carbonyl (C=O) groups excluding carboxylic acids is 2. The maximum absolute atomic E-state index is 13.1. The van der Waals surface area contributed by atoms with Gasteiger partial charge in [-0.15, -0.1) is 0 Å². The zero-order valence-corrected chi connectivity index (χ0v) is 20.5. The van der Waals surface area contributed by atoms with Crippen molar-refractivity contribution >= 4 is 34.2 Å². The van der Waals surface area contributed by atoms with E-state index >= 15 is 0 Å². The highest BCUT2D eigenvalue weighted by Gasteiger charge is 2.18. The highest BCUT2D eigenvalue weighted by Crippen LogP contribution is 2.23. The summed E-state index contributed by atoms with van der Waals surface area (Å²) in [6.45, 7) is 5.05. The van der Waals surface area contributed by atoms with E-state index in [-0.39, 0.29) is 18.4 Å². The van der Waals surface area contributed by atoms with Crippen molar-refractivity contribution in [3.05, 3.63) is 84.2 Å². The molecule has 0 aliphatic carbocycles. The Labute approximate surface area is 210 Å². The van der Waals surface area contributed by atoms with Gasteiger partial charge in [-0.25, -0.2) is 4.98 Å². The lowest BCUT2D eigenvalue weighted by Crippen LogP contribution is -2.36. The number of aryl methyl sites for hydroxylation is 1. The number of anilines is 2. The highest BCUT2D eigenvalue weighted by atomic mass is 16.5. The summed E-state index contributed by atoms with van der Waals surface area (Å²) in [5.74, 6) is 0.352. The van der Waals surface area contributed by atoms with Crippen LogP contribution in [0.1, 0.15) is 16.2 Å². The standard InChI is InChI=1S/C28H29N5O3/c1-20-29-25-18-21(8-13-26(25)33(20)24-6-4-3-5-7-24)28(35)31(2)19-27(34)30-22-9-11-23(12-10-22)32-14-16-36-17-15-32/h3-13,18H,14-17,19H2,1-2H3,(H,30,34). The monoisotopic (exact) mass is 483 g/mol. The van der Waals surface area contributed by atoms with Gasteiger partial charge in [0.2, 0.25) is 5.91 Å². The van der Waals surface area contributed by atoms with Crippen LogP contribution < -0.4 is 10.2 Å². The molecule has 1 aliphatic rings. The third kappa shape index (κ3) is 4.94. The second-order valence-electron chi connectivity index (χ2n) is 8.89. The predicted octanol–water partition coefficient (Wildman–Crippen LogP) is 3.88. The number of carbonyl (C=O) groups is 2. The van der Waals surface area contributed by atoms with Gasteiger partial charge in [0.25, 0.3) is 5.91 Å². The molecule has 2 heterocycles. The van der Waals surface area contributed by atoms with Crippen molar-refractivity contribution in [1.29, 1.82) is 0 Å². The third-order valence-corrected chi connectivity index (χ3v) is 6.34. The number of ether oxygens (including phenoxy) is 1. The smallest absolute Gasteiger partial charge is 0.254 e. The molecule has 1 fully saturated rings. The number of hydrogen-bond donors (Lipinski definition) is 1. The minimum atomic E-state index is -0.254. The molecule has 0 atom stereocenters. The van der Waals surface area contributed by atoms with Crippen LogP contribution in [0.3, 0.4) is 0 Å². The molecule has 3 aromatic carbocycles. The first-order valence-electron chi connectivity index (χ1n) is 12.0. The molecule has 2 amide bonds. The molecule has 8 heteroatoms. The van der Waals surface area contributed by atoms with E-state index in [2.05, 4.69) is 19.8 Å². The molecule has 1 aliphatic heterocycles. The molecule has 0 unspecified atom stereocenters. The molecule has 0 spiro atoms. The van der Waals surface area contributed by atoms with Gasteiger partial charge in [0.15, 0.2) is 0 Å². The number of nitrogens with one attached hydrogen (secondary N) is 1. The molecule has 184 valence electrons. The Hall–Kier alpha value is -4.17. The van der Waals surface area contributed by atoms with Gasteiger partial charge in [0.05, 0.1) is 30.8 Å². The minimum absolute atomic E-state index is 0.0560. The lowest BCUT2D eigenvalue weighted by molar-refractivity contribution is -0.116. The number of aromatic nitrogens is 2. The van der Waals surface area contributed by atoms with Crippen LogP contribution in [0.25, 0.3) is 16.7 Å². The van der Waals surface area contributed by atoms with Crippen molar-refractivity contribution in [3.8, 4) is 5.69 Å². The Morgan fingerprint density at radius 2 is 1.69 bits per heavy atom. The molecular formula is C28H29N5O3. The van der Waals surface area contributed by atoms with E-state index in [1.165, 1.54) is 4.90 Å². The van der Waals surface area contributed by atoms with Gasteiger partial charge in [-0.05, 0) is 61.5 Å². The van der Waals surface area contributed by atoms with E-state index in [1.54, 1.807) is 19.2 Å². The van der Waals surface area contributed by atoms with Crippen molar-refractivity contribution in [3.63, 3.8) is 0 Å². The molecule has 4 aromatic rings. The van der Waals surface area contributed by atoms with E-state index < -0.39 is 0 Å². The number of morpholine rings is 1. The van der Waals surface area contributed by atoms with Gasteiger partial charge in [0, 0.05) is 42.8 Å². The molecule has 1 saturated heterocycles. The molecule has 0 saturated carbocycles. The molecule has 8 nitrogen and oxygen atoms in total. The van der Waals surface area contributed by atoms with Crippen LogP contribution in [0.4, 0.5) is 11.4 Å². The third-order valence-electron chi connectivity index (χ3n) is 6.34. The molecule has 1 N–H and O–H groups in total. The number of para-hydroxylation sites is 1. The summed E-state index contributed by atoms with van der Waals surface area (Å²) in [6.07, 6.45) is 0. The zero-order chi connectivity index (χ0) is 25.1. The SMILES string of the molecule is Cc1nc2cc(C(=O)N(C)CC(=O)Nc3ccc(N4CCOCC4)cc3)ccc2n1-c1ccccc1. The fraction of sp³-hybridized carbons (Fsp3) is 0.250. The normalized spacial score (nSPS) is 13.6. The van der Waals surface area contributed by atoms with Gasteiger partial charge < -0.3 is 19.9 Å². The maximum Gasteiger partial charge on any atom is 0.254 e.